The van der Waals surface area contributed by atoms with Crippen LogP contribution in [-0.4, -0.2) is 29.9 Å². The average Bonchev–Trinajstić information content (AvgIpc) is 2.70. The van der Waals surface area contributed by atoms with Crippen LogP contribution < -0.4 is 0 Å². The molecule has 0 saturated heterocycles. The average molecular weight is 241 g/mol. The van der Waals surface area contributed by atoms with Crippen LogP contribution in [0, 0.1) is 10.1 Å². The van der Waals surface area contributed by atoms with E-state index in [9.17, 15) is 10.1 Å². The van der Waals surface area contributed by atoms with E-state index in [2.05, 4.69) is 20.3 Å². The van der Waals surface area contributed by atoms with Gasteiger partial charge < -0.3 is 10.1 Å². The molecule has 0 atom stereocenters. The van der Waals surface area contributed by atoms with Gasteiger partial charge in [0.2, 0.25) is 6.33 Å². The van der Waals surface area contributed by atoms with Gasteiger partial charge in [0.05, 0.1) is 5.69 Å². The van der Waals surface area contributed by atoms with Crippen molar-refractivity contribution < 1.29 is 4.92 Å². The van der Waals surface area contributed by atoms with Crippen LogP contribution in [0.5, 0.6) is 0 Å². The Kier molecular flexibility index (Phi) is 2.73. The van der Waals surface area contributed by atoms with Crippen LogP contribution in [0.2, 0.25) is 5.15 Å². The van der Waals surface area contributed by atoms with Gasteiger partial charge in [-0.05, 0) is 17.1 Å². The van der Waals surface area contributed by atoms with Crippen molar-refractivity contribution in [3.63, 3.8) is 0 Å². The molecule has 0 spiro atoms. The molecule has 8 nitrogen and oxygen atoms in total. The van der Waals surface area contributed by atoms with Crippen LogP contribution >= 0.6 is 11.6 Å². The summed E-state index contributed by atoms with van der Waals surface area (Å²) in [5, 5.41) is 21.7. The van der Waals surface area contributed by atoms with E-state index >= 15 is 0 Å². The van der Waals surface area contributed by atoms with Crippen molar-refractivity contribution in [3.8, 4) is 0 Å². The molecule has 2 heterocycles. The summed E-state index contributed by atoms with van der Waals surface area (Å²) in [4.78, 5) is 13.2. The first-order valence-electron chi connectivity index (χ1n) is 4.17. The summed E-state index contributed by atoms with van der Waals surface area (Å²) < 4.78 is 1.30. The van der Waals surface area contributed by atoms with E-state index in [1.165, 1.54) is 11.0 Å². The van der Waals surface area contributed by atoms with Gasteiger partial charge in [0, 0.05) is 5.10 Å². The van der Waals surface area contributed by atoms with Crippen LogP contribution in [0.15, 0.2) is 18.5 Å². The molecule has 0 fully saturated rings. The molecule has 0 radical (unpaired) electrons. The topological polar surface area (TPSA) is 99.6 Å². The first-order chi connectivity index (χ1) is 7.65. The Balaban J connectivity index is 2.14. The number of hydrogen-bond acceptors (Lipinski definition) is 6. The minimum atomic E-state index is -0.663. The van der Waals surface area contributed by atoms with Gasteiger partial charge in [-0.1, -0.05) is 16.6 Å². The van der Waals surface area contributed by atoms with Crippen molar-refractivity contribution in [1.82, 2.24) is 25.0 Å². The Hall–Kier alpha value is -2.09. The number of aromatic nitrogens is 5. The highest BCUT2D eigenvalue weighted by Crippen LogP contribution is 2.05. The fourth-order valence-corrected chi connectivity index (χ4v) is 1.14. The van der Waals surface area contributed by atoms with E-state index in [-0.39, 0.29) is 11.7 Å². The SMILES string of the molecule is O=[N+]([O-])c1ncn(Cc2ccc(Cl)nn2)n1. The molecule has 0 amide bonds. The second-order valence-electron chi connectivity index (χ2n) is 2.85. The second kappa shape index (κ2) is 4.19. The summed E-state index contributed by atoms with van der Waals surface area (Å²) in [5.41, 5.74) is 0.587. The molecule has 0 bridgehead atoms. The molecule has 0 N–H and O–H groups in total. The van der Waals surface area contributed by atoms with E-state index in [4.69, 9.17) is 11.6 Å². The largest absolute Gasteiger partial charge is 0.490 e. The van der Waals surface area contributed by atoms with Gasteiger partial charge in [0.1, 0.15) is 6.54 Å². The third-order valence-corrected chi connectivity index (χ3v) is 1.90. The molecule has 2 aromatic heterocycles. The molecule has 0 aliphatic carbocycles. The van der Waals surface area contributed by atoms with Crippen molar-refractivity contribution in [2.75, 3.05) is 0 Å². The zero-order chi connectivity index (χ0) is 11.5. The molecule has 0 aromatic carbocycles. The van der Waals surface area contributed by atoms with E-state index in [1.807, 2.05) is 0 Å². The quantitative estimate of drug-likeness (QED) is 0.578. The van der Waals surface area contributed by atoms with Crippen LogP contribution in [0.4, 0.5) is 5.95 Å². The summed E-state index contributed by atoms with van der Waals surface area (Å²) in [6.45, 7) is 0.255. The van der Waals surface area contributed by atoms with Gasteiger partial charge >= 0.3 is 5.95 Å². The van der Waals surface area contributed by atoms with E-state index in [1.54, 1.807) is 12.1 Å². The Bertz CT molecular complexity index is 510. The molecule has 9 heteroatoms. The highest BCUT2D eigenvalue weighted by molar-refractivity contribution is 6.29. The van der Waals surface area contributed by atoms with E-state index < -0.39 is 10.9 Å². The van der Waals surface area contributed by atoms with Crippen molar-refractivity contribution in [3.05, 3.63) is 39.4 Å². The summed E-state index contributed by atoms with van der Waals surface area (Å²) >= 11 is 5.56. The van der Waals surface area contributed by atoms with Gasteiger partial charge in [0.15, 0.2) is 5.15 Å². The molecule has 0 unspecified atom stereocenters. The standard InChI is InChI=1S/C7H5ClN6O2/c8-6-2-1-5(10-11-6)3-13-4-9-7(12-13)14(15)16/h1-2,4H,3H2. The number of hydrogen-bond donors (Lipinski definition) is 0. The summed E-state index contributed by atoms with van der Waals surface area (Å²) in [7, 11) is 0. The Morgan fingerprint density at radius 2 is 2.25 bits per heavy atom. The maximum Gasteiger partial charge on any atom is 0.490 e. The molecule has 0 aliphatic rings. The maximum atomic E-state index is 10.3. The van der Waals surface area contributed by atoms with Gasteiger partial charge in [-0.15, -0.1) is 5.10 Å². The van der Waals surface area contributed by atoms with Crippen molar-refractivity contribution in [1.29, 1.82) is 0 Å². The van der Waals surface area contributed by atoms with E-state index in [0.717, 1.165) is 0 Å². The Morgan fingerprint density at radius 3 is 2.81 bits per heavy atom. The molecular formula is C7H5ClN6O2. The van der Waals surface area contributed by atoms with Crippen LogP contribution in [0.3, 0.4) is 0 Å². The van der Waals surface area contributed by atoms with Crippen LogP contribution in [-0.2, 0) is 6.54 Å². The minimum Gasteiger partial charge on any atom is -0.390 e. The lowest BCUT2D eigenvalue weighted by Crippen LogP contribution is -2.03. The fraction of sp³-hybridized carbons (Fsp3) is 0.143. The predicted octanol–water partition coefficient (Wildman–Crippen LogP) is 0.678. The summed E-state index contributed by atoms with van der Waals surface area (Å²) in [6, 6.07) is 3.23. The molecule has 0 saturated carbocycles. The highest BCUT2D eigenvalue weighted by atomic mass is 35.5. The van der Waals surface area contributed by atoms with Crippen molar-refractivity contribution in [2.24, 2.45) is 0 Å². The smallest absolute Gasteiger partial charge is 0.390 e. The van der Waals surface area contributed by atoms with Gasteiger partial charge in [-0.2, -0.15) is 9.78 Å². The number of rotatable bonds is 3. The summed E-state index contributed by atoms with van der Waals surface area (Å²) in [5.74, 6) is -0.443. The molecule has 0 aliphatic heterocycles. The van der Waals surface area contributed by atoms with Crippen LogP contribution in [0.25, 0.3) is 0 Å². The lowest BCUT2D eigenvalue weighted by Gasteiger charge is -1.95. The van der Waals surface area contributed by atoms with Crippen LogP contribution in [0.1, 0.15) is 5.69 Å². The normalized spacial score (nSPS) is 10.3. The fourth-order valence-electron chi connectivity index (χ4n) is 1.04. The Morgan fingerprint density at radius 1 is 1.44 bits per heavy atom. The molecule has 82 valence electrons. The van der Waals surface area contributed by atoms with Crippen molar-refractivity contribution in [2.45, 2.75) is 6.54 Å². The second-order valence-corrected chi connectivity index (χ2v) is 3.23. The van der Waals surface area contributed by atoms with Crippen molar-refractivity contribution >= 4 is 17.5 Å². The molecule has 16 heavy (non-hydrogen) atoms. The predicted molar refractivity (Wildman–Crippen MR) is 52.8 cm³/mol. The first-order valence-corrected chi connectivity index (χ1v) is 4.55. The lowest BCUT2D eigenvalue weighted by atomic mass is 10.4. The summed E-state index contributed by atoms with van der Waals surface area (Å²) in [6.07, 6.45) is 1.26. The monoisotopic (exact) mass is 240 g/mol. The lowest BCUT2D eigenvalue weighted by molar-refractivity contribution is -0.394. The first kappa shape index (κ1) is 10.4. The molecule has 2 rings (SSSR count). The number of halogens is 1. The van der Waals surface area contributed by atoms with Gasteiger partial charge in [-0.25, -0.2) is 0 Å². The third-order valence-electron chi connectivity index (χ3n) is 1.70. The highest BCUT2D eigenvalue weighted by Gasteiger charge is 2.13. The third kappa shape index (κ3) is 2.28. The van der Waals surface area contributed by atoms with Gasteiger partial charge in [0.25, 0.3) is 0 Å². The molecular weight excluding hydrogens is 236 g/mol. The zero-order valence-corrected chi connectivity index (χ0v) is 8.57. The van der Waals surface area contributed by atoms with E-state index in [0.29, 0.717) is 5.69 Å². The van der Waals surface area contributed by atoms with Gasteiger partial charge in [-0.3, -0.25) is 0 Å². The molecule has 2 aromatic rings. The number of nitro groups is 1. The maximum absolute atomic E-state index is 10.3. The number of nitrogens with zero attached hydrogens (tertiary/aromatic N) is 6. The Labute approximate surface area is 94.0 Å². The minimum absolute atomic E-state index is 0.255. The zero-order valence-electron chi connectivity index (χ0n) is 7.82.